The maximum Gasteiger partial charge on any atom is 0.310 e. The summed E-state index contributed by atoms with van der Waals surface area (Å²) in [5.74, 6) is -1.75. The number of ether oxygens (including phenoxy) is 1. The van der Waals surface area contributed by atoms with Crippen LogP contribution in [0.25, 0.3) is 10.9 Å². The smallest absolute Gasteiger partial charge is 0.310 e. The molecule has 1 N–H and O–H groups in total. The maximum absolute atomic E-state index is 12.6. The maximum atomic E-state index is 12.6. The average Bonchev–Trinajstić information content (AvgIpc) is 3.05. The van der Waals surface area contributed by atoms with Gasteiger partial charge >= 0.3 is 5.97 Å². The fourth-order valence-corrected chi connectivity index (χ4v) is 3.13. The van der Waals surface area contributed by atoms with Crippen LogP contribution in [-0.2, 0) is 14.3 Å². The van der Waals surface area contributed by atoms with E-state index in [1.165, 1.54) is 4.90 Å². The molecule has 2 aromatic rings. The van der Waals surface area contributed by atoms with Crippen molar-refractivity contribution in [2.45, 2.75) is 19.8 Å². The summed E-state index contributed by atoms with van der Waals surface area (Å²) in [7, 11) is 0. The van der Waals surface area contributed by atoms with Crippen LogP contribution in [0.15, 0.2) is 30.5 Å². The normalized spacial score (nSPS) is 17.7. The molecule has 1 aliphatic heterocycles. The first-order valence-corrected chi connectivity index (χ1v) is 8.18. The number of ketones is 1. The second kappa shape index (κ2) is 6.86. The van der Waals surface area contributed by atoms with Gasteiger partial charge in [0, 0.05) is 30.2 Å². The minimum absolute atomic E-state index is 0.242. The molecule has 1 aliphatic rings. The minimum atomic E-state index is -0.561. The van der Waals surface area contributed by atoms with Gasteiger partial charge in [-0.2, -0.15) is 0 Å². The highest BCUT2D eigenvalue weighted by Gasteiger charge is 2.32. The number of rotatable bonds is 4. The van der Waals surface area contributed by atoms with Crippen molar-refractivity contribution in [3.63, 3.8) is 0 Å². The van der Waals surface area contributed by atoms with Crippen LogP contribution in [0.3, 0.4) is 0 Å². The summed E-state index contributed by atoms with van der Waals surface area (Å²) in [5, 5.41) is 0.731. The Hall–Kier alpha value is -2.63. The number of hydrogen-bond donors (Lipinski definition) is 1. The number of carbonyl (C=O) groups excluding carboxylic acids is 3. The Balaban J connectivity index is 1.76. The Morgan fingerprint density at radius 2 is 2.08 bits per heavy atom. The molecule has 0 bridgehead atoms. The zero-order valence-corrected chi connectivity index (χ0v) is 13.6. The minimum Gasteiger partial charge on any atom is -0.466 e. The highest BCUT2D eigenvalue weighted by atomic mass is 16.5. The van der Waals surface area contributed by atoms with Crippen molar-refractivity contribution >= 4 is 28.6 Å². The molecule has 6 nitrogen and oxygen atoms in total. The van der Waals surface area contributed by atoms with E-state index < -0.39 is 11.7 Å². The predicted molar refractivity (Wildman–Crippen MR) is 88.6 cm³/mol. The lowest BCUT2D eigenvalue weighted by Gasteiger charge is -2.30. The molecule has 126 valence electrons. The Morgan fingerprint density at radius 3 is 2.88 bits per heavy atom. The molecule has 24 heavy (non-hydrogen) atoms. The summed E-state index contributed by atoms with van der Waals surface area (Å²) in [6.07, 6.45) is 2.94. The van der Waals surface area contributed by atoms with Crippen molar-refractivity contribution in [3.8, 4) is 0 Å². The molecule has 6 heteroatoms. The van der Waals surface area contributed by atoms with E-state index in [2.05, 4.69) is 4.98 Å². The van der Waals surface area contributed by atoms with E-state index in [4.69, 9.17) is 4.74 Å². The van der Waals surface area contributed by atoms with Crippen molar-refractivity contribution in [2.24, 2.45) is 5.92 Å². The molecule has 0 spiro atoms. The van der Waals surface area contributed by atoms with Crippen LogP contribution in [0.5, 0.6) is 0 Å². The number of fused-ring (bicyclic) bond motifs is 1. The third kappa shape index (κ3) is 3.04. The van der Waals surface area contributed by atoms with Crippen molar-refractivity contribution in [3.05, 3.63) is 36.0 Å². The molecule has 1 atom stereocenters. The lowest BCUT2D eigenvalue weighted by Crippen LogP contribution is -2.45. The Bertz CT molecular complexity index is 780. The Labute approximate surface area is 139 Å². The molecule has 1 saturated heterocycles. The first-order chi connectivity index (χ1) is 11.6. The zero-order chi connectivity index (χ0) is 17.1. The number of aromatic amines is 1. The van der Waals surface area contributed by atoms with Crippen LogP contribution < -0.4 is 0 Å². The van der Waals surface area contributed by atoms with E-state index >= 15 is 0 Å². The Kier molecular flexibility index (Phi) is 4.64. The Morgan fingerprint density at radius 1 is 1.29 bits per heavy atom. The number of nitrogens with one attached hydrogen (secondary N) is 1. The number of piperidine rings is 1. The van der Waals surface area contributed by atoms with Gasteiger partial charge in [-0.25, -0.2) is 0 Å². The first-order valence-electron chi connectivity index (χ1n) is 8.18. The number of aromatic nitrogens is 1. The number of likely N-dealkylation sites (tertiary alicyclic amines) is 1. The monoisotopic (exact) mass is 328 g/mol. The first kappa shape index (κ1) is 16.2. The van der Waals surface area contributed by atoms with E-state index in [1.54, 1.807) is 13.1 Å². The third-order valence-corrected chi connectivity index (χ3v) is 4.36. The summed E-state index contributed by atoms with van der Waals surface area (Å²) in [6, 6.07) is 7.36. The molecule has 0 radical (unpaired) electrons. The van der Waals surface area contributed by atoms with E-state index in [9.17, 15) is 14.4 Å². The number of nitrogens with zero attached hydrogens (tertiary/aromatic N) is 1. The number of benzene rings is 1. The molecule has 1 aromatic carbocycles. The fraction of sp³-hybridized carbons (Fsp3) is 0.389. The van der Waals surface area contributed by atoms with Crippen molar-refractivity contribution in [1.82, 2.24) is 9.88 Å². The largest absolute Gasteiger partial charge is 0.466 e. The average molecular weight is 328 g/mol. The van der Waals surface area contributed by atoms with Crippen LogP contribution in [-0.4, -0.2) is 47.2 Å². The second-order valence-electron chi connectivity index (χ2n) is 5.92. The highest BCUT2D eigenvalue weighted by Crippen LogP contribution is 2.22. The van der Waals surface area contributed by atoms with Crippen molar-refractivity contribution in [1.29, 1.82) is 0 Å². The van der Waals surface area contributed by atoms with E-state index in [-0.39, 0.29) is 18.4 Å². The molecule has 1 amide bonds. The number of Topliss-reactive ketones (excluding diaryl/α,β-unsaturated/α-hetero) is 1. The van der Waals surface area contributed by atoms with Crippen molar-refractivity contribution in [2.75, 3.05) is 19.7 Å². The number of hydrogen-bond acceptors (Lipinski definition) is 4. The molecular weight excluding hydrogens is 308 g/mol. The van der Waals surface area contributed by atoms with E-state index in [0.29, 0.717) is 31.6 Å². The number of carbonyl (C=O) groups is 3. The summed E-state index contributed by atoms with van der Waals surface area (Å²) in [6.45, 7) is 2.80. The van der Waals surface area contributed by atoms with Gasteiger partial charge < -0.3 is 14.6 Å². The van der Waals surface area contributed by atoms with Crippen LogP contribution in [0.4, 0.5) is 0 Å². The van der Waals surface area contributed by atoms with Gasteiger partial charge in [-0.3, -0.25) is 14.4 Å². The van der Waals surface area contributed by atoms with Gasteiger partial charge in [-0.05, 0) is 25.8 Å². The SMILES string of the molecule is CCOC(=O)[C@H]1CCCN(C(=O)C(=O)c2c[nH]c3ccccc23)C1. The number of esters is 1. The lowest BCUT2D eigenvalue weighted by atomic mass is 9.97. The number of H-pyrrole nitrogens is 1. The van der Waals surface area contributed by atoms with Crippen LogP contribution in [0.2, 0.25) is 0 Å². The quantitative estimate of drug-likeness (QED) is 0.530. The van der Waals surface area contributed by atoms with Crippen LogP contribution in [0.1, 0.15) is 30.1 Å². The van der Waals surface area contributed by atoms with Crippen molar-refractivity contribution < 1.29 is 19.1 Å². The predicted octanol–water partition coefficient (Wildman–Crippen LogP) is 2.15. The van der Waals surface area contributed by atoms with E-state index in [0.717, 1.165) is 10.9 Å². The van der Waals surface area contributed by atoms with Gasteiger partial charge in [-0.15, -0.1) is 0 Å². The fourth-order valence-electron chi connectivity index (χ4n) is 3.13. The molecule has 0 saturated carbocycles. The molecule has 3 rings (SSSR count). The van der Waals surface area contributed by atoms with Gasteiger partial charge in [0.1, 0.15) is 0 Å². The lowest BCUT2D eigenvalue weighted by molar-refractivity contribution is -0.150. The second-order valence-corrected chi connectivity index (χ2v) is 5.92. The molecular formula is C18H20N2O4. The van der Waals surface area contributed by atoms with E-state index in [1.807, 2.05) is 24.3 Å². The number of amides is 1. The third-order valence-electron chi connectivity index (χ3n) is 4.36. The molecule has 0 aliphatic carbocycles. The summed E-state index contributed by atoms with van der Waals surface area (Å²) >= 11 is 0. The molecule has 1 aromatic heterocycles. The molecule has 2 heterocycles. The summed E-state index contributed by atoms with van der Waals surface area (Å²) in [5.41, 5.74) is 1.19. The van der Waals surface area contributed by atoms with Gasteiger partial charge in [0.25, 0.3) is 11.7 Å². The standard InChI is InChI=1S/C18H20N2O4/c1-2-24-18(23)12-6-5-9-20(11-12)17(22)16(21)14-10-19-15-8-4-3-7-13(14)15/h3-4,7-8,10,12,19H,2,5-6,9,11H2,1H3/t12-/m0/s1. The summed E-state index contributed by atoms with van der Waals surface area (Å²) in [4.78, 5) is 41.5. The molecule has 0 unspecified atom stereocenters. The summed E-state index contributed by atoms with van der Waals surface area (Å²) < 4.78 is 5.03. The topological polar surface area (TPSA) is 79.5 Å². The van der Waals surface area contributed by atoms with Crippen LogP contribution in [0, 0.1) is 5.92 Å². The van der Waals surface area contributed by atoms with Gasteiger partial charge in [0.05, 0.1) is 18.1 Å². The van der Waals surface area contributed by atoms with Crippen LogP contribution >= 0.6 is 0 Å². The highest BCUT2D eigenvalue weighted by molar-refractivity contribution is 6.44. The van der Waals surface area contributed by atoms with Gasteiger partial charge in [0.2, 0.25) is 0 Å². The van der Waals surface area contributed by atoms with Gasteiger partial charge in [0.15, 0.2) is 0 Å². The zero-order valence-electron chi connectivity index (χ0n) is 13.6. The number of para-hydroxylation sites is 1. The molecule has 1 fully saturated rings. The van der Waals surface area contributed by atoms with Gasteiger partial charge in [-0.1, -0.05) is 18.2 Å².